The van der Waals surface area contributed by atoms with Crippen molar-refractivity contribution in [1.29, 1.82) is 0 Å². The highest BCUT2D eigenvalue weighted by Gasteiger charge is 2.35. The highest BCUT2D eigenvalue weighted by atomic mass is 32.1. The largest absolute Gasteiger partial charge is 0.362 e. The van der Waals surface area contributed by atoms with Gasteiger partial charge in [0.1, 0.15) is 0 Å². The summed E-state index contributed by atoms with van der Waals surface area (Å²) in [5.74, 6) is 0. The predicted molar refractivity (Wildman–Crippen MR) is 200 cm³/mol. The van der Waals surface area contributed by atoms with Gasteiger partial charge in [-0.15, -0.1) is 68.0 Å². The molecule has 0 N–H and O–H groups in total. The van der Waals surface area contributed by atoms with Crippen LogP contribution in [-0.4, -0.2) is 26.0 Å². The van der Waals surface area contributed by atoms with Gasteiger partial charge in [-0.05, 0) is 86.2 Å². The molecular weight excluding hydrogens is 703 g/mol. The molecular formula is C32H32O4P2S6. The number of rotatable bonds is 14. The number of hydrogen-bond donors (Lipinski definition) is 0. The second kappa shape index (κ2) is 14.7. The van der Waals surface area contributed by atoms with E-state index in [1.54, 1.807) is 56.7 Å². The first-order valence-corrected chi connectivity index (χ1v) is 22.4. The van der Waals surface area contributed by atoms with Crippen LogP contribution >= 0.6 is 83.8 Å². The lowest BCUT2D eigenvalue weighted by Gasteiger charge is -2.19. The minimum atomic E-state index is -3.59. The zero-order valence-electron chi connectivity index (χ0n) is 24.7. The van der Waals surface area contributed by atoms with E-state index in [0.29, 0.717) is 25.1 Å². The molecule has 0 amide bonds. The van der Waals surface area contributed by atoms with Crippen molar-refractivity contribution in [2.45, 2.75) is 27.7 Å². The van der Waals surface area contributed by atoms with Crippen LogP contribution in [0.25, 0.3) is 48.8 Å². The molecule has 6 heterocycles. The van der Waals surface area contributed by atoms with Crippen molar-refractivity contribution >= 4 is 94.4 Å². The fourth-order valence-corrected chi connectivity index (χ4v) is 15.4. The first-order chi connectivity index (χ1) is 21.5. The monoisotopic (exact) mass is 734 g/mol. The summed E-state index contributed by atoms with van der Waals surface area (Å²) in [5.41, 5.74) is 0. The molecule has 0 bridgehead atoms. The standard InChI is InChI=1S/C32H32O4P2S6/c1-5-34-37(8-4)21-19-29(27-15-13-25(41-27)23-11-9-17-39-23)43-31(21)32-22(38(33,35-6-2)36-7-3)20-30(44-32)28-16-14-26(42-28)24-12-10-18-40-24/h9-20H,5-8H2,1-4H3. The number of thiophene rings is 6. The van der Waals surface area contributed by atoms with E-state index in [1.165, 1.54) is 34.6 Å². The van der Waals surface area contributed by atoms with Gasteiger partial charge in [-0.25, -0.2) is 0 Å². The SMILES string of the molecule is CCOP(CC)c1cc(-c2ccc(-c3cccs3)s2)sc1-c1sc(-c2ccc(-c3cccs3)s2)cc1P(=O)(OCC)OCC. The lowest BCUT2D eigenvalue weighted by molar-refractivity contribution is 0.230. The maximum absolute atomic E-state index is 14.5. The van der Waals surface area contributed by atoms with Crippen LogP contribution in [0.15, 0.2) is 71.4 Å². The van der Waals surface area contributed by atoms with Gasteiger partial charge in [-0.1, -0.05) is 19.1 Å². The Morgan fingerprint density at radius 1 is 0.614 bits per heavy atom. The van der Waals surface area contributed by atoms with Crippen LogP contribution in [0.3, 0.4) is 0 Å². The minimum absolute atomic E-state index is 0.299. The van der Waals surface area contributed by atoms with Crippen molar-refractivity contribution in [3.8, 4) is 48.8 Å². The van der Waals surface area contributed by atoms with Gasteiger partial charge in [0, 0.05) is 50.9 Å². The van der Waals surface area contributed by atoms with E-state index < -0.39 is 15.7 Å². The van der Waals surface area contributed by atoms with Crippen LogP contribution in [0, 0.1) is 0 Å². The van der Waals surface area contributed by atoms with Crippen LogP contribution in [0.5, 0.6) is 0 Å². The van der Waals surface area contributed by atoms with E-state index in [0.717, 1.165) is 25.7 Å². The van der Waals surface area contributed by atoms with Crippen molar-refractivity contribution in [2.24, 2.45) is 0 Å². The summed E-state index contributed by atoms with van der Waals surface area (Å²) in [6, 6.07) is 21.6. The lowest BCUT2D eigenvalue weighted by atomic mass is 10.3. The lowest BCUT2D eigenvalue weighted by Crippen LogP contribution is -2.13. The summed E-state index contributed by atoms with van der Waals surface area (Å²) in [6.45, 7) is 9.22. The third kappa shape index (κ3) is 6.73. The molecule has 44 heavy (non-hydrogen) atoms. The van der Waals surface area contributed by atoms with Gasteiger partial charge >= 0.3 is 7.60 Å². The second-order valence-corrected chi connectivity index (χ2v) is 19.7. The molecule has 0 saturated carbocycles. The fourth-order valence-electron chi connectivity index (χ4n) is 4.77. The van der Waals surface area contributed by atoms with Crippen LogP contribution < -0.4 is 10.6 Å². The Kier molecular flexibility index (Phi) is 10.9. The molecule has 0 aliphatic carbocycles. The van der Waals surface area contributed by atoms with Gasteiger partial charge in [0.25, 0.3) is 0 Å². The third-order valence-electron chi connectivity index (χ3n) is 6.59. The summed E-state index contributed by atoms with van der Waals surface area (Å²) in [5, 5.41) is 6.06. The molecule has 0 radical (unpaired) electrons. The highest BCUT2D eigenvalue weighted by Crippen LogP contribution is 2.55. The Hall–Kier alpha value is -1.26. The average Bonchev–Trinajstić information content (AvgIpc) is 3.86. The van der Waals surface area contributed by atoms with Crippen molar-refractivity contribution in [1.82, 2.24) is 0 Å². The summed E-state index contributed by atoms with van der Waals surface area (Å²) in [4.78, 5) is 11.7. The summed E-state index contributed by atoms with van der Waals surface area (Å²) in [7, 11) is -4.46. The third-order valence-corrected chi connectivity index (χ3v) is 18.2. The predicted octanol–water partition coefficient (Wildman–Crippen LogP) is 12.4. The number of hydrogen-bond acceptors (Lipinski definition) is 10. The quantitative estimate of drug-likeness (QED) is 0.105. The molecule has 6 aromatic rings. The van der Waals surface area contributed by atoms with E-state index in [9.17, 15) is 4.57 Å². The molecule has 0 aliphatic heterocycles. The van der Waals surface area contributed by atoms with Crippen molar-refractivity contribution < 1.29 is 18.1 Å². The van der Waals surface area contributed by atoms with Gasteiger partial charge in [0.15, 0.2) is 0 Å². The van der Waals surface area contributed by atoms with Crippen molar-refractivity contribution in [2.75, 3.05) is 26.0 Å². The molecule has 1 unspecified atom stereocenters. The van der Waals surface area contributed by atoms with Crippen LogP contribution in [-0.2, 0) is 18.1 Å². The van der Waals surface area contributed by atoms with Gasteiger partial charge < -0.3 is 13.6 Å². The summed E-state index contributed by atoms with van der Waals surface area (Å²) < 4.78 is 32.8. The Balaban J connectivity index is 1.52. The first-order valence-electron chi connectivity index (χ1n) is 14.3. The maximum atomic E-state index is 14.5. The maximum Gasteiger partial charge on any atom is 0.362 e. The van der Waals surface area contributed by atoms with Gasteiger partial charge in [-0.2, -0.15) is 0 Å². The fraction of sp³-hybridized carbons (Fsp3) is 0.250. The molecule has 0 fully saturated rings. The summed E-state index contributed by atoms with van der Waals surface area (Å²) >= 11 is 10.5. The van der Waals surface area contributed by atoms with E-state index in [2.05, 4.69) is 79.2 Å². The van der Waals surface area contributed by atoms with E-state index >= 15 is 0 Å². The van der Waals surface area contributed by atoms with Crippen molar-refractivity contribution in [3.63, 3.8) is 0 Å². The molecule has 1 atom stereocenters. The highest BCUT2D eigenvalue weighted by molar-refractivity contribution is 7.64. The molecule has 0 spiro atoms. The average molecular weight is 735 g/mol. The molecule has 6 rings (SSSR count). The Morgan fingerprint density at radius 2 is 1.14 bits per heavy atom. The van der Waals surface area contributed by atoms with Crippen LogP contribution in [0.4, 0.5) is 0 Å². The normalized spacial score (nSPS) is 12.7. The minimum Gasteiger partial charge on any atom is -0.355 e. The molecule has 6 aromatic heterocycles. The molecule has 230 valence electrons. The zero-order chi connectivity index (χ0) is 30.7. The van der Waals surface area contributed by atoms with E-state index in [-0.39, 0.29) is 0 Å². The zero-order valence-corrected chi connectivity index (χ0v) is 31.4. The molecule has 0 saturated heterocycles. The van der Waals surface area contributed by atoms with Crippen LogP contribution in [0.1, 0.15) is 27.7 Å². The van der Waals surface area contributed by atoms with Gasteiger partial charge in [0.2, 0.25) is 0 Å². The molecule has 12 heteroatoms. The molecule has 0 aromatic carbocycles. The Labute approximate surface area is 284 Å². The second-order valence-electron chi connectivity index (χ2n) is 9.38. The Morgan fingerprint density at radius 3 is 1.61 bits per heavy atom. The van der Waals surface area contributed by atoms with Gasteiger partial charge in [-0.3, -0.25) is 4.57 Å². The van der Waals surface area contributed by atoms with Gasteiger partial charge in [0.05, 0.1) is 36.4 Å². The van der Waals surface area contributed by atoms with E-state index in [1.807, 2.05) is 31.3 Å². The first kappa shape index (κ1) is 32.7. The Bertz CT molecular complexity index is 1830. The van der Waals surface area contributed by atoms with Crippen LogP contribution in [0.2, 0.25) is 0 Å². The van der Waals surface area contributed by atoms with E-state index in [4.69, 9.17) is 13.6 Å². The van der Waals surface area contributed by atoms with Crippen molar-refractivity contribution in [3.05, 3.63) is 71.4 Å². The topological polar surface area (TPSA) is 44.8 Å². The molecule has 0 aliphatic rings. The molecule has 4 nitrogen and oxygen atoms in total. The summed E-state index contributed by atoms with van der Waals surface area (Å²) in [6.07, 6.45) is 0.897. The smallest absolute Gasteiger partial charge is 0.355 e.